The number of piperazine rings is 1. The van der Waals surface area contributed by atoms with Crippen LogP contribution < -0.4 is 0 Å². The van der Waals surface area contributed by atoms with Gasteiger partial charge in [0.25, 0.3) is 5.91 Å². The lowest BCUT2D eigenvalue weighted by atomic mass is 9.98. The van der Waals surface area contributed by atoms with E-state index < -0.39 is 0 Å². The van der Waals surface area contributed by atoms with E-state index in [1.807, 2.05) is 48.5 Å². The van der Waals surface area contributed by atoms with Crippen molar-refractivity contribution in [3.8, 4) is 0 Å². The van der Waals surface area contributed by atoms with Crippen molar-refractivity contribution in [1.82, 2.24) is 14.8 Å². The van der Waals surface area contributed by atoms with Gasteiger partial charge in [-0.15, -0.1) is 0 Å². The van der Waals surface area contributed by atoms with Gasteiger partial charge in [-0.3, -0.25) is 9.69 Å². The van der Waals surface area contributed by atoms with Gasteiger partial charge in [0, 0.05) is 48.2 Å². The van der Waals surface area contributed by atoms with Gasteiger partial charge in [-0.25, -0.2) is 5.01 Å². The standard InChI is InChI=1S/C23H26Cl2N4O/c1-2-27-11-13-28(14-12-27)16-23(30)29-22(18-8-4-6-10-20(18)25)15-21(26-29)17-7-3-5-9-19(17)24/h3-10,22H,2,11-16H2,1H3. The van der Waals surface area contributed by atoms with Gasteiger partial charge in [0.05, 0.1) is 18.3 Å². The van der Waals surface area contributed by atoms with E-state index in [0.29, 0.717) is 23.0 Å². The normalized spacial score (nSPS) is 20.4. The third-order valence-electron chi connectivity index (χ3n) is 5.89. The monoisotopic (exact) mass is 444 g/mol. The molecule has 2 heterocycles. The van der Waals surface area contributed by atoms with Crippen LogP contribution in [0.15, 0.2) is 53.6 Å². The Hall–Kier alpha value is -1.92. The van der Waals surface area contributed by atoms with E-state index in [1.165, 1.54) is 0 Å². The predicted octanol–water partition coefficient (Wildman–Crippen LogP) is 4.31. The number of carbonyl (C=O) groups is 1. The van der Waals surface area contributed by atoms with E-state index >= 15 is 0 Å². The molecule has 1 unspecified atom stereocenters. The third-order valence-corrected chi connectivity index (χ3v) is 6.56. The Balaban J connectivity index is 1.58. The Labute approximate surface area is 187 Å². The summed E-state index contributed by atoms with van der Waals surface area (Å²) < 4.78 is 0. The Bertz CT molecular complexity index is 940. The van der Waals surface area contributed by atoms with Crippen LogP contribution >= 0.6 is 23.2 Å². The number of hydrogen-bond acceptors (Lipinski definition) is 4. The molecule has 1 atom stereocenters. The fraction of sp³-hybridized carbons (Fsp3) is 0.391. The SMILES string of the molecule is CCN1CCN(CC(=O)N2N=C(c3ccccc3Cl)CC2c2ccccc2Cl)CC1. The van der Waals surface area contributed by atoms with Gasteiger partial charge >= 0.3 is 0 Å². The number of hydrogen-bond donors (Lipinski definition) is 0. The third kappa shape index (κ3) is 4.54. The number of rotatable bonds is 5. The molecule has 0 spiro atoms. The summed E-state index contributed by atoms with van der Waals surface area (Å²) in [5, 5.41) is 7.64. The number of hydrazone groups is 1. The highest BCUT2D eigenvalue weighted by Gasteiger charge is 2.35. The zero-order valence-electron chi connectivity index (χ0n) is 17.1. The predicted molar refractivity (Wildman–Crippen MR) is 122 cm³/mol. The van der Waals surface area contributed by atoms with Crippen molar-refractivity contribution < 1.29 is 4.79 Å². The highest BCUT2D eigenvalue weighted by atomic mass is 35.5. The van der Waals surface area contributed by atoms with E-state index in [2.05, 4.69) is 16.7 Å². The van der Waals surface area contributed by atoms with Crippen molar-refractivity contribution in [3.05, 3.63) is 69.7 Å². The summed E-state index contributed by atoms with van der Waals surface area (Å²) in [6.45, 7) is 7.35. The van der Waals surface area contributed by atoms with Gasteiger partial charge in [0.2, 0.25) is 0 Å². The lowest BCUT2D eigenvalue weighted by molar-refractivity contribution is -0.134. The highest BCUT2D eigenvalue weighted by Crippen LogP contribution is 2.37. The van der Waals surface area contributed by atoms with Gasteiger partial charge in [0.1, 0.15) is 0 Å². The average molecular weight is 445 g/mol. The molecule has 0 N–H and O–H groups in total. The van der Waals surface area contributed by atoms with Crippen LogP contribution in [0.2, 0.25) is 10.0 Å². The first-order valence-electron chi connectivity index (χ1n) is 10.4. The molecule has 2 aromatic rings. The molecular formula is C23H26Cl2N4O. The van der Waals surface area contributed by atoms with Gasteiger partial charge in [0.15, 0.2) is 0 Å². The molecule has 1 amide bonds. The molecule has 1 fully saturated rings. The van der Waals surface area contributed by atoms with Crippen LogP contribution in [0.25, 0.3) is 0 Å². The molecule has 2 aliphatic rings. The minimum atomic E-state index is -0.227. The Kier molecular flexibility index (Phi) is 6.74. The van der Waals surface area contributed by atoms with Crippen molar-refractivity contribution >= 4 is 34.8 Å². The lowest BCUT2D eigenvalue weighted by Crippen LogP contribution is -2.49. The molecule has 5 nitrogen and oxygen atoms in total. The second-order valence-corrected chi connectivity index (χ2v) is 8.53. The molecule has 0 aliphatic carbocycles. The summed E-state index contributed by atoms with van der Waals surface area (Å²) in [5.74, 6) is -0.00748. The molecule has 4 rings (SSSR count). The second-order valence-electron chi connectivity index (χ2n) is 7.72. The fourth-order valence-electron chi connectivity index (χ4n) is 4.11. The van der Waals surface area contributed by atoms with Crippen LogP contribution in [0.4, 0.5) is 0 Å². The number of carbonyl (C=O) groups excluding carboxylic acids is 1. The molecule has 0 saturated carbocycles. The summed E-state index contributed by atoms with van der Waals surface area (Å²) in [4.78, 5) is 17.9. The molecule has 0 radical (unpaired) electrons. The summed E-state index contributed by atoms with van der Waals surface area (Å²) in [5.41, 5.74) is 2.59. The fourth-order valence-corrected chi connectivity index (χ4v) is 4.62. The Morgan fingerprint density at radius 3 is 2.27 bits per heavy atom. The summed E-state index contributed by atoms with van der Waals surface area (Å²) in [6, 6.07) is 15.1. The van der Waals surface area contributed by atoms with Crippen LogP contribution in [0, 0.1) is 0 Å². The number of likely N-dealkylation sites (N-methyl/N-ethyl adjacent to an activating group) is 1. The summed E-state index contributed by atoms with van der Waals surface area (Å²) in [7, 11) is 0. The van der Waals surface area contributed by atoms with E-state index in [4.69, 9.17) is 28.3 Å². The number of benzene rings is 2. The first-order chi connectivity index (χ1) is 14.6. The molecule has 2 aromatic carbocycles. The molecule has 30 heavy (non-hydrogen) atoms. The van der Waals surface area contributed by atoms with Crippen LogP contribution in [-0.2, 0) is 4.79 Å². The zero-order chi connectivity index (χ0) is 21.1. The van der Waals surface area contributed by atoms with Crippen LogP contribution in [-0.4, -0.2) is 65.7 Å². The van der Waals surface area contributed by atoms with E-state index in [-0.39, 0.29) is 11.9 Å². The van der Waals surface area contributed by atoms with Crippen LogP contribution in [0.1, 0.15) is 30.5 Å². The molecule has 2 aliphatic heterocycles. The molecule has 0 aromatic heterocycles. The zero-order valence-corrected chi connectivity index (χ0v) is 18.6. The Morgan fingerprint density at radius 2 is 1.60 bits per heavy atom. The summed E-state index contributed by atoms with van der Waals surface area (Å²) in [6.07, 6.45) is 0.586. The number of amides is 1. The number of halogens is 2. The lowest BCUT2D eigenvalue weighted by Gasteiger charge is -2.34. The molecule has 0 bridgehead atoms. The van der Waals surface area contributed by atoms with Gasteiger partial charge in [-0.05, 0) is 24.2 Å². The molecular weight excluding hydrogens is 419 g/mol. The van der Waals surface area contributed by atoms with E-state index in [0.717, 1.165) is 49.6 Å². The summed E-state index contributed by atoms with van der Waals surface area (Å²) >= 11 is 12.9. The minimum Gasteiger partial charge on any atom is -0.301 e. The van der Waals surface area contributed by atoms with Crippen molar-refractivity contribution in [3.63, 3.8) is 0 Å². The second kappa shape index (κ2) is 9.48. The van der Waals surface area contributed by atoms with Crippen molar-refractivity contribution in [2.24, 2.45) is 5.10 Å². The van der Waals surface area contributed by atoms with Gasteiger partial charge in [-0.1, -0.05) is 66.5 Å². The maximum Gasteiger partial charge on any atom is 0.257 e. The molecule has 7 heteroatoms. The van der Waals surface area contributed by atoms with Crippen molar-refractivity contribution in [1.29, 1.82) is 0 Å². The van der Waals surface area contributed by atoms with E-state index in [9.17, 15) is 4.79 Å². The van der Waals surface area contributed by atoms with Crippen molar-refractivity contribution in [2.45, 2.75) is 19.4 Å². The largest absolute Gasteiger partial charge is 0.301 e. The topological polar surface area (TPSA) is 39.1 Å². The van der Waals surface area contributed by atoms with Crippen LogP contribution in [0.5, 0.6) is 0 Å². The Morgan fingerprint density at radius 1 is 0.967 bits per heavy atom. The van der Waals surface area contributed by atoms with Crippen LogP contribution in [0.3, 0.4) is 0 Å². The van der Waals surface area contributed by atoms with E-state index in [1.54, 1.807) is 5.01 Å². The molecule has 1 saturated heterocycles. The smallest absolute Gasteiger partial charge is 0.257 e. The average Bonchev–Trinajstić information content (AvgIpc) is 3.20. The van der Waals surface area contributed by atoms with Crippen molar-refractivity contribution in [2.75, 3.05) is 39.3 Å². The quantitative estimate of drug-likeness (QED) is 0.689. The first kappa shape index (κ1) is 21.3. The maximum atomic E-state index is 13.3. The van der Waals surface area contributed by atoms with Gasteiger partial charge < -0.3 is 4.90 Å². The minimum absolute atomic E-state index is 0.00748. The number of nitrogens with zero attached hydrogens (tertiary/aromatic N) is 4. The maximum absolute atomic E-state index is 13.3. The first-order valence-corrected chi connectivity index (χ1v) is 11.2. The highest BCUT2D eigenvalue weighted by molar-refractivity contribution is 6.34. The molecule has 158 valence electrons. The van der Waals surface area contributed by atoms with Gasteiger partial charge in [-0.2, -0.15) is 5.10 Å².